The van der Waals surface area contributed by atoms with Crippen molar-refractivity contribution in [3.8, 4) is 0 Å². The summed E-state index contributed by atoms with van der Waals surface area (Å²) in [6.45, 7) is 5.97. The van der Waals surface area contributed by atoms with Gasteiger partial charge in [0.15, 0.2) is 0 Å². The van der Waals surface area contributed by atoms with Crippen LogP contribution in [0.4, 0.5) is 11.4 Å². The molecular formula is C24H32N4O5S. The number of hydrogen-bond donors (Lipinski definition) is 2. The fraction of sp³-hybridized carbons (Fsp3) is 0.458. The lowest BCUT2D eigenvalue weighted by atomic mass is 10.1. The second-order valence-electron chi connectivity index (χ2n) is 8.36. The number of rotatable bonds is 8. The van der Waals surface area contributed by atoms with Gasteiger partial charge in [0.2, 0.25) is 15.9 Å². The highest BCUT2D eigenvalue weighted by atomic mass is 32.2. The van der Waals surface area contributed by atoms with E-state index < -0.39 is 10.0 Å². The molecule has 4 rings (SSSR count). The van der Waals surface area contributed by atoms with Crippen LogP contribution in [0.2, 0.25) is 0 Å². The van der Waals surface area contributed by atoms with Gasteiger partial charge >= 0.3 is 0 Å². The third kappa shape index (κ3) is 5.94. The average Bonchev–Trinajstić information content (AvgIpc) is 2.89. The number of amides is 1. The van der Waals surface area contributed by atoms with Crippen LogP contribution in [0, 0.1) is 0 Å². The minimum Gasteiger partial charge on any atom is -0.379 e. The van der Waals surface area contributed by atoms with Gasteiger partial charge in [0.1, 0.15) is 0 Å². The molecule has 0 spiro atoms. The van der Waals surface area contributed by atoms with Crippen molar-refractivity contribution >= 4 is 27.3 Å². The van der Waals surface area contributed by atoms with E-state index in [-0.39, 0.29) is 23.4 Å². The zero-order chi connectivity index (χ0) is 24.0. The molecule has 1 amide bonds. The summed E-state index contributed by atoms with van der Waals surface area (Å²) in [5, 5.41) is 6.17. The van der Waals surface area contributed by atoms with Crippen LogP contribution in [0.5, 0.6) is 0 Å². The van der Waals surface area contributed by atoms with E-state index in [4.69, 9.17) is 9.47 Å². The molecule has 0 aromatic heterocycles. The van der Waals surface area contributed by atoms with Crippen LogP contribution < -0.4 is 15.5 Å². The third-order valence-corrected chi connectivity index (χ3v) is 7.96. The van der Waals surface area contributed by atoms with Crippen LogP contribution in [-0.4, -0.2) is 77.8 Å². The number of carbonyl (C=O) groups is 1. The summed E-state index contributed by atoms with van der Waals surface area (Å²) in [5.41, 5.74) is 2.35. The molecule has 2 aromatic carbocycles. The summed E-state index contributed by atoms with van der Waals surface area (Å²) in [5.74, 6) is -0.238. The Bertz CT molecular complexity index is 1070. The van der Waals surface area contributed by atoms with E-state index in [0.29, 0.717) is 58.3 Å². The number of morpholine rings is 2. The molecule has 0 bridgehead atoms. The SMILES string of the molecule is CC(NCC(=O)Nc1cc(S(=O)(=O)N2CCOCC2)ccc1N1CCOCC1)c1ccccc1. The van der Waals surface area contributed by atoms with Crippen molar-refractivity contribution in [1.29, 1.82) is 0 Å². The molecule has 0 saturated carbocycles. The lowest BCUT2D eigenvalue weighted by Crippen LogP contribution is -2.40. The molecule has 34 heavy (non-hydrogen) atoms. The van der Waals surface area contributed by atoms with Crippen molar-refractivity contribution in [2.75, 3.05) is 69.4 Å². The van der Waals surface area contributed by atoms with Gasteiger partial charge in [0.25, 0.3) is 0 Å². The smallest absolute Gasteiger partial charge is 0.243 e. The molecular weight excluding hydrogens is 456 g/mol. The number of hydrogen-bond acceptors (Lipinski definition) is 7. The maximum absolute atomic E-state index is 13.2. The maximum Gasteiger partial charge on any atom is 0.243 e. The summed E-state index contributed by atoms with van der Waals surface area (Å²) in [6, 6.07) is 14.8. The highest BCUT2D eigenvalue weighted by Crippen LogP contribution is 2.31. The fourth-order valence-electron chi connectivity index (χ4n) is 4.09. The molecule has 2 aliphatic heterocycles. The molecule has 10 heteroatoms. The zero-order valence-electron chi connectivity index (χ0n) is 19.4. The normalized spacial score (nSPS) is 18.4. The first-order chi connectivity index (χ1) is 16.4. The summed E-state index contributed by atoms with van der Waals surface area (Å²) < 4.78 is 38.6. The second-order valence-corrected chi connectivity index (χ2v) is 10.3. The number of carbonyl (C=O) groups excluding carboxylic acids is 1. The summed E-state index contributed by atoms with van der Waals surface area (Å²) in [6.07, 6.45) is 0. The van der Waals surface area contributed by atoms with Crippen molar-refractivity contribution in [2.24, 2.45) is 0 Å². The minimum absolute atomic E-state index is 0.00121. The minimum atomic E-state index is -3.69. The van der Waals surface area contributed by atoms with Gasteiger partial charge in [0, 0.05) is 32.2 Å². The second kappa shape index (κ2) is 11.3. The molecule has 1 unspecified atom stereocenters. The van der Waals surface area contributed by atoms with E-state index in [0.717, 1.165) is 11.3 Å². The molecule has 2 aromatic rings. The lowest BCUT2D eigenvalue weighted by Gasteiger charge is -2.31. The van der Waals surface area contributed by atoms with Crippen molar-refractivity contribution in [1.82, 2.24) is 9.62 Å². The van der Waals surface area contributed by atoms with Crippen LogP contribution in [0.15, 0.2) is 53.4 Å². The first-order valence-corrected chi connectivity index (χ1v) is 13.0. The van der Waals surface area contributed by atoms with Gasteiger partial charge in [-0.15, -0.1) is 0 Å². The number of nitrogens with zero attached hydrogens (tertiary/aromatic N) is 2. The van der Waals surface area contributed by atoms with Gasteiger partial charge in [-0.25, -0.2) is 8.42 Å². The topological polar surface area (TPSA) is 100 Å². The molecule has 1 atom stereocenters. The predicted molar refractivity (Wildman–Crippen MR) is 131 cm³/mol. The van der Waals surface area contributed by atoms with Crippen LogP contribution >= 0.6 is 0 Å². The Balaban J connectivity index is 1.52. The van der Waals surface area contributed by atoms with Gasteiger partial charge in [-0.2, -0.15) is 4.31 Å². The van der Waals surface area contributed by atoms with Gasteiger partial charge in [-0.1, -0.05) is 30.3 Å². The van der Waals surface area contributed by atoms with E-state index >= 15 is 0 Å². The van der Waals surface area contributed by atoms with Gasteiger partial charge < -0.3 is 25.0 Å². The zero-order valence-corrected chi connectivity index (χ0v) is 20.2. The van der Waals surface area contributed by atoms with Crippen LogP contribution in [0.25, 0.3) is 0 Å². The molecule has 2 aliphatic rings. The van der Waals surface area contributed by atoms with Crippen molar-refractivity contribution in [2.45, 2.75) is 17.9 Å². The summed E-state index contributed by atoms with van der Waals surface area (Å²) in [7, 11) is -3.69. The van der Waals surface area contributed by atoms with Crippen molar-refractivity contribution in [3.63, 3.8) is 0 Å². The van der Waals surface area contributed by atoms with Crippen LogP contribution in [0.3, 0.4) is 0 Å². The van der Waals surface area contributed by atoms with Gasteiger partial charge in [-0.3, -0.25) is 4.79 Å². The Morgan fingerprint density at radius 1 is 0.971 bits per heavy atom. The standard InChI is InChI=1S/C24H32N4O5S/c1-19(20-5-3-2-4-6-20)25-18-24(29)26-22-17-21(34(30,31)28-11-15-33-16-12-28)7-8-23(22)27-9-13-32-14-10-27/h2-8,17,19,25H,9-16,18H2,1H3,(H,26,29). The number of sulfonamides is 1. The van der Waals surface area contributed by atoms with Crippen LogP contribution in [0.1, 0.15) is 18.5 Å². The molecule has 2 saturated heterocycles. The molecule has 184 valence electrons. The molecule has 2 N–H and O–H groups in total. The van der Waals surface area contributed by atoms with Crippen molar-refractivity contribution < 1.29 is 22.7 Å². The highest BCUT2D eigenvalue weighted by molar-refractivity contribution is 7.89. The first-order valence-electron chi connectivity index (χ1n) is 11.6. The van der Waals surface area contributed by atoms with Crippen molar-refractivity contribution in [3.05, 3.63) is 54.1 Å². The first kappa shape index (κ1) is 24.6. The third-order valence-electron chi connectivity index (χ3n) is 6.07. The number of nitrogens with one attached hydrogen (secondary N) is 2. The Labute approximate surface area is 201 Å². The molecule has 2 heterocycles. The highest BCUT2D eigenvalue weighted by Gasteiger charge is 2.28. The molecule has 2 fully saturated rings. The Kier molecular flexibility index (Phi) is 8.17. The van der Waals surface area contributed by atoms with E-state index in [1.54, 1.807) is 18.2 Å². The largest absolute Gasteiger partial charge is 0.379 e. The Morgan fingerprint density at radius 2 is 1.62 bits per heavy atom. The summed E-state index contributed by atoms with van der Waals surface area (Å²) in [4.78, 5) is 15.1. The predicted octanol–water partition coefficient (Wildman–Crippen LogP) is 1.83. The van der Waals surface area contributed by atoms with Gasteiger partial charge in [0.05, 0.1) is 49.2 Å². The van der Waals surface area contributed by atoms with E-state index in [2.05, 4.69) is 15.5 Å². The quantitative estimate of drug-likeness (QED) is 0.585. The summed E-state index contributed by atoms with van der Waals surface area (Å²) >= 11 is 0. The molecule has 0 aliphatic carbocycles. The molecule has 9 nitrogen and oxygen atoms in total. The average molecular weight is 489 g/mol. The number of ether oxygens (including phenoxy) is 2. The lowest BCUT2D eigenvalue weighted by molar-refractivity contribution is -0.115. The van der Waals surface area contributed by atoms with E-state index in [1.807, 2.05) is 37.3 Å². The maximum atomic E-state index is 13.2. The Hall–Kier alpha value is -2.50. The molecule has 0 radical (unpaired) electrons. The fourth-order valence-corrected chi connectivity index (χ4v) is 5.53. The monoisotopic (exact) mass is 488 g/mol. The Morgan fingerprint density at radius 3 is 2.29 bits per heavy atom. The number of benzene rings is 2. The number of anilines is 2. The van der Waals surface area contributed by atoms with E-state index in [9.17, 15) is 13.2 Å². The van der Waals surface area contributed by atoms with E-state index in [1.165, 1.54) is 4.31 Å². The van der Waals surface area contributed by atoms with Crippen LogP contribution in [-0.2, 0) is 24.3 Å². The van der Waals surface area contributed by atoms with Gasteiger partial charge in [-0.05, 0) is 30.7 Å².